The highest BCUT2D eigenvalue weighted by molar-refractivity contribution is 7.97. The van der Waals surface area contributed by atoms with Gasteiger partial charge in [0, 0.05) is 36.5 Å². The summed E-state index contributed by atoms with van der Waals surface area (Å²) in [4.78, 5) is 9.33. The van der Waals surface area contributed by atoms with Crippen LogP contribution in [0, 0.1) is 0 Å². The van der Waals surface area contributed by atoms with Gasteiger partial charge >= 0.3 is 6.18 Å². The summed E-state index contributed by atoms with van der Waals surface area (Å²) in [5, 5.41) is 3.77. The molecular weight excluding hydrogens is 445 g/mol. The van der Waals surface area contributed by atoms with Gasteiger partial charge < -0.3 is 19.5 Å². The summed E-state index contributed by atoms with van der Waals surface area (Å²) in [6.07, 6.45) is -2.31. The Labute approximate surface area is 187 Å². The average Bonchev–Trinajstić information content (AvgIpc) is 2.76. The second-order valence-corrected chi connectivity index (χ2v) is 7.67. The molecule has 0 radical (unpaired) electrons. The predicted molar refractivity (Wildman–Crippen MR) is 118 cm³/mol. The van der Waals surface area contributed by atoms with Gasteiger partial charge in [0.25, 0.3) is 0 Å². The molecule has 2 aromatic carbocycles. The van der Waals surface area contributed by atoms with E-state index in [1.54, 1.807) is 44.5 Å². The fraction of sp³-hybridized carbons (Fsp3) is 0.333. The molecule has 3 rings (SSSR count). The van der Waals surface area contributed by atoms with E-state index in [0.29, 0.717) is 41.4 Å². The van der Waals surface area contributed by atoms with Crippen LogP contribution in [0.4, 0.5) is 24.7 Å². The third-order valence-corrected chi connectivity index (χ3v) is 4.88. The number of halogens is 3. The molecule has 0 atom stereocenters. The van der Waals surface area contributed by atoms with Gasteiger partial charge in [0.2, 0.25) is 0 Å². The van der Waals surface area contributed by atoms with Crippen LogP contribution < -0.4 is 19.5 Å². The SMILES string of the molecule is CNSc1ccc(OCC(F)(F)F)c(Nc2ncnc3cc(OCCCOC)ccc23)c1. The Morgan fingerprint density at radius 1 is 1.03 bits per heavy atom. The summed E-state index contributed by atoms with van der Waals surface area (Å²) in [7, 11) is 3.38. The number of alkyl halides is 3. The number of aromatic nitrogens is 2. The molecule has 11 heteroatoms. The van der Waals surface area contributed by atoms with Gasteiger partial charge in [0.1, 0.15) is 23.6 Å². The first kappa shape index (κ1) is 23.9. The molecule has 0 fully saturated rings. The number of hydrogen-bond acceptors (Lipinski definition) is 8. The van der Waals surface area contributed by atoms with Crippen LogP contribution in [0.2, 0.25) is 0 Å². The molecule has 2 N–H and O–H groups in total. The van der Waals surface area contributed by atoms with Gasteiger partial charge in [-0.1, -0.05) is 0 Å². The van der Waals surface area contributed by atoms with Gasteiger partial charge in [0.15, 0.2) is 6.61 Å². The highest BCUT2D eigenvalue weighted by Crippen LogP contribution is 2.34. The van der Waals surface area contributed by atoms with Crippen LogP contribution in [0.1, 0.15) is 6.42 Å². The lowest BCUT2D eigenvalue weighted by Crippen LogP contribution is -2.19. The maximum atomic E-state index is 12.7. The Balaban J connectivity index is 1.86. The number of ether oxygens (including phenoxy) is 3. The van der Waals surface area contributed by atoms with E-state index in [1.165, 1.54) is 24.3 Å². The number of nitrogens with one attached hydrogen (secondary N) is 2. The molecule has 32 heavy (non-hydrogen) atoms. The predicted octanol–water partition coefficient (Wildman–Crippen LogP) is 4.96. The van der Waals surface area contributed by atoms with E-state index in [9.17, 15) is 13.2 Å². The van der Waals surface area contributed by atoms with Gasteiger partial charge in [-0.15, -0.1) is 0 Å². The monoisotopic (exact) mass is 468 g/mol. The van der Waals surface area contributed by atoms with Crippen molar-refractivity contribution in [3.05, 3.63) is 42.7 Å². The molecule has 0 bridgehead atoms. The highest BCUT2D eigenvalue weighted by Gasteiger charge is 2.29. The average molecular weight is 469 g/mol. The zero-order chi connectivity index (χ0) is 23.0. The van der Waals surface area contributed by atoms with Crippen molar-refractivity contribution in [2.45, 2.75) is 17.5 Å². The van der Waals surface area contributed by atoms with E-state index in [-0.39, 0.29) is 5.75 Å². The number of rotatable bonds is 11. The van der Waals surface area contributed by atoms with Crippen LogP contribution >= 0.6 is 11.9 Å². The molecule has 0 spiro atoms. The molecule has 172 valence electrons. The van der Waals surface area contributed by atoms with Crippen molar-refractivity contribution >= 4 is 34.4 Å². The van der Waals surface area contributed by atoms with Crippen LogP contribution in [-0.2, 0) is 4.74 Å². The zero-order valence-corrected chi connectivity index (χ0v) is 18.3. The Kier molecular flexibility index (Phi) is 8.37. The summed E-state index contributed by atoms with van der Waals surface area (Å²) in [5.74, 6) is 1.15. The molecule has 0 saturated heterocycles. The minimum absolute atomic E-state index is 0.0626. The maximum absolute atomic E-state index is 12.7. The first-order valence-electron chi connectivity index (χ1n) is 9.70. The molecule has 3 aromatic rings. The summed E-state index contributed by atoms with van der Waals surface area (Å²) in [5.41, 5.74) is 0.986. The fourth-order valence-corrected chi connectivity index (χ4v) is 3.37. The lowest BCUT2D eigenvalue weighted by Gasteiger charge is -2.16. The van der Waals surface area contributed by atoms with Gasteiger partial charge in [-0.25, -0.2) is 9.97 Å². The van der Waals surface area contributed by atoms with Crippen molar-refractivity contribution in [2.24, 2.45) is 0 Å². The lowest BCUT2D eigenvalue weighted by molar-refractivity contribution is -0.153. The van der Waals surface area contributed by atoms with Gasteiger partial charge in [-0.05, 0) is 49.3 Å². The first-order chi connectivity index (χ1) is 15.4. The van der Waals surface area contributed by atoms with Crippen molar-refractivity contribution in [3.63, 3.8) is 0 Å². The van der Waals surface area contributed by atoms with E-state index in [0.717, 1.165) is 11.3 Å². The van der Waals surface area contributed by atoms with Crippen molar-refractivity contribution < 1.29 is 27.4 Å². The van der Waals surface area contributed by atoms with E-state index < -0.39 is 12.8 Å². The van der Waals surface area contributed by atoms with Gasteiger partial charge in [-0.3, -0.25) is 4.72 Å². The lowest BCUT2D eigenvalue weighted by atomic mass is 10.2. The first-order valence-corrected chi connectivity index (χ1v) is 10.5. The molecule has 0 aliphatic rings. The molecule has 0 unspecified atom stereocenters. The van der Waals surface area contributed by atoms with Gasteiger partial charge in [0.05, 0.1) is 17.8 Å². The van der Waals surface area contributed by atoms with Crippen molar-refractivity contribution in [1.82, 2.24) is 14.7 Å². The second-order valence-electron chi connectivity index (χ2n) is 6.59. The Morgan fingerprint density at radius 3 is 2.62 bits per heavy atom. The van der Waals surface area contributed by atoms with Crippen LogP contribution in [0.3, 0.4) is 0 Å². The van der Waals surface area contributed by atoms with E-state index in [1.807, 2.05) is 0 Å². The topological polar surface area (TPSA) is 77.5 Å². The van der Waals surface area contributed by atoms with Crippen molar-refractivity contribution in [3.8, 4) is 11.5 Å². The van der Waals surface area contributed by atoms with E-state index in [2.05, 4.69) is 20.0 Å². The molecule has 0 aliphatic heterocycles. The molecule has 0 amide bonds. The second kappa shape index (κ2) is 11.2. The summed E-state index contributed by atoms with van der Waals surface area (Å²) >= 11 is 1.32. The number of nitrogens with zero attached hydrogens (tertiary/aromatic N) is 2. The molecular formula is C21H23F3N4O3S. The minimum Gasteiger partial charge on any atom is -0.493 e. The van der Waals surface area contributed by atoms with Crippen molar-refractivity contribution in [2.75, 3.05) is 39.3 Å². The number of methoxy groups -OCH3 is 1. The summed E-state index contributed by atoms with van der Waals surface area (Å²) in [6, 6.07) is 10.2. The number of fused-ring (bicyclic) bond motifs is 1. The molecule has 0 aliphatic carbocycles. The standard InChI is InChI=1S/C21H23F3N4O3S/c1-25-32-15-5-7-19(31-12-21(22,23)24)18(11-15)28-20-16-6-4-14(30-9-3-8-29-2)10-17(16)26-13-27-20/h4-7,10-11,13,25H,3,8-9,12H2,1-2H3,(H,26,27,28). The Morgan fingerprint density at radius 2 is 1.88 bits per heavy atom. The molecule has 1 heterocycles. The van der Waals surface area contributed by atoms with Crippen LogP contribution in [0.5, 0.6) is 11.5 Å². The minimum atomic E-state index is -4.45. The number of benzene rings is 2. The quantitative estimate of drug-likeness (QED) is 0.302. The summed E-state index contributed by atoms with van der Waals surface area (Å²) < 4.78 is 56.7. The van der Waals surface area contributed by atoms with E-state index in [4.69, 9.17) is 14.2 Å². The van der Waals surface area contributed by atoms with Crippen LogP contribution in [0.25, 0.3) is 10.9 Å². The maximum Gasteiger partial charge on any atom is 0.422 e. The Hall–Kier alpha value is -2.76. The fourth-order valence-electron chi connectivity index (χ4n) is 2.82. The third kappa shape index (κ3) is 6.87. The number of anilines is 2. The number of hydrogen-bond donors (Lipinski definition) is 2. The molecule has 0 saturated carbocycles. The normalized spacial score (nSPS) is 11.5. The molecule has 1 aromatic heterocycles. The van der Waals surface area contributed by atoms with Gasteiger partial charge in [-0.2, -0.15) is 13.2 Å². The largest absolute Gasteiger partial charge is 0.493 e. The highest BCUT2D eigenvalue weighted by atomic mass is 32.2. The Bertz CT molecular complexity index is 1040. The van der Waals surface area contributed by atoms with Crippen molar-refractivity contribution in [1.29, 1.82) is 0 Å². The smallest absolute Gasteiger partial charge is 0.422 e. The summed E-state index contributed by atoms with van der Waals surface area (Å²) in [6.45, 7) is -0.284. The molecule has 7 nitrogen and oxygen atoms in total. The van der Waals surface area contributed by atoms with Crippen LogP contribution in [-0.4, -0.2) is 50.1 Å². The van der Waals surface area contributed by atoms with Crippen LogP contribution in [0.15, 0.2) is 47.6 Å². The third-order valence-electron chi connectivity index (χ3n) is 4.18. The van der Waals surface area contributed by atoms with E-state index >= 15 is 0 Å². The zero-order valence-electron chi connectivity index (χ0n) is 17.5.